The zero-order valence-corrected chi connectivity index (χ0v) is 20.3. The van der Waals surface area contributed by atoms with Crippen LogP contribution in [0.1, 0.15) is 23.1 Å². The van der Waals surface area contributed by atoms with E-state index in [0.717, 1.165) is 24.1 Å². The molecule has 0 atom stereocenters. The molecule has 1 amide bonds. The second-order valence-electron chi connectivity index (χ2n) is 8.96. The molecule has 3 aromatic carbocycles. The quantitative estimate of drug-likeness (QED) is 0.456. The van der Waals surface area contributed by atoms with Crippen molar-refractivity contribution in [3.8, 4) is 17.2 Å². The van der Waals surface area contributed by atoms with Gasteiger partial charge < -0.3 is 19.3 Å². The summed E-state index contributed by atoms with van der Waals surface area (Å²) in [6.07, 6.45) is -3.47. The molecule has 9 heteroatoms. The van der Waals surface area contributed by atoms with Gasteiger partial charge in [0.25, 0.3) is 0 Å². The van der Waals surface area contributed by atoms with Gasteiger partial charge >= 0.3 is 6.18 Å². The number of hydrogen-bond acceptors (Lipinski definition) is 5. The van der Waals surface area contributed by atoms with Crippen molar-refractivity contribution >= 4 is 17.4 Å². The topological polar surface area (TPSA) is 54.4 Å². The molecular weight excluding hydrogens is 483 g/mol. The highest BCUT2D eigenvalue weighted by molar-refractivity contribution is 6.03. The maximum atomic E-state index is 13.3. The number of amidine groups is 1. The Balaban J connectivity index is 1.38. The summed E-state index contributed by atoms with van der Waals surface area (Å²) in [5, 5.41) is 0. The Morgan fingerprint density at radius 1 is 0.973 bits per heavy atom. The molecule has 2 heterocycles. The van der Waals surface area contributed by atoms with Crippen molar-refractivity contribution in [2.45, 2.75) is 19.0 Å². The zero-order chi connectivity index (χ0) is 26.0. The number of aliphatic imine (C=N–C) groups is 1. The number of alkyl halides is 3. The van der Waals surface area contributed by atoms with Gasteiger partial charge in [-0.1, -0.05) is 24.3 Å². The van der Waals surface area contributed by atoms with Crippen molar-refractivity contribution in [3.63, 3.8) is 0 Å². The van der Waals surface area contributed by atoms with Gasteiger partial charge in [-0.25, -0.2) is 4.99 Å². The number of hydrogen-bond donors (Lipinski definition) is 0. The molecule has 2 aliphatic heterocycles. The molecule has 0 bridgehead atoms. The number of carbonyl (C=O) groups excluding carboxylic acids is 1. The maximum Gasteiger partial charge on any atom is 0.416 e. The zero-order valence-electron chi connectivity index (χ0n) is 20.3. The fourth-order valence-corrected chi connectivity index (χ4v) is 4.59. The summed E-state index contributed by atoms with van der Waals surface area (Å²) >= 11 is 0. The Bertz CT molecular complexity index is 1340. The van der Waals surface area contributed by atoms with Crippen molar-refractivity contribution in [2.24, 2.45) is 4.99 Å². The first-order valence-corrected chi connectivity index (χ1v) is 12.0. The van der Waals surface area contributed by atoms with Crippen LogP contribution in [0.3, 0.4) is 0 Å². The molecule has 0 aliphatic carbocycles. The van der Waals surface area contributed by atoms with Crippen LogP contribution < -0.4 is 9.47 Å². The van der Waals surface area contributed by atoms with Crippen LogP contribution in [-0.2, 0) is 17.4 Å². The van der Waals surface area contributed by atoms with Crippen LogP contribution >= 0.6 is 0 Å². The normalized spacial score (nSPS) is 15.5. The number of fused-ring (bicyclic) bond motifs is 2. The molecule has 0 aromatic heterocycles. The van der Waals surface area contributed by atoms with E-state index in [1.165, 1.54) is 6.07 Å². The molecule has 1 fully saturated rings. The SMILES string of the molecule is COc1cccc(CC(=O)N2CCCN(C3=Nc4ccc(C(F)(F)F)cc4Oc4ccccc43)CC2)c1. The smallest absolute Gasteiger partial charge is 0.416 e. The number of carbonyl (C=O) groups is 1. The summed E-state index contributed by atoms with van der Waals surface area (Å²) in [4.78, 5) is 21.7. The number of methoxy groups -OCH3 is 1. The lowest BCUT2D eigenvalue weighted by Crippen LogP contribution is -2.38. The Morgan fingerprint density at radius 3 is 2.62 bits per heavy atom. The lowest BCUT2D eigenvalue weighted by Gasteiger charge is -2.25. The number of rotatable bonds is 3. The van der Waals surface area contributed by atoms with E-state index in [4.69, 9.17) is 14.5 Å². The fourth-order valence-electron chi connectivity index (χ4n) is 4.59. The molecule has 0 unspecified atom stereocenters. The van der Waals surface area contributed by atoms with Gasteiger partial charge in [0.15, 0.2) is 5.75 Å². The summed E-state index contributed by atoms with van der Waals surface area (Å²) in [7, 11) is 1.59. The van der Waals surface area contributed by atoms with Crippen LogP contribution in [0.15, 0.2) is 71.7 Å². The molecule has 0 spiro atoms. The lowest BCUT2D eigenvalue weighted by atomic mass is 10.1. The van der Waals surface area contributed by atoms with Crippen LogP contribution in [0.2, 0.25) is 0 Å². The first kappa shape index (κ1) is 24.7. The Labute approximate surface area is 212 Å². The number of para-hydroxylation sites is 1. The van der Waals surface area contributed by atoms with Gasteiger partial charge in [0, 0.05) is 26.2 Å². The van der Waals surface area contributed by atoms with Crippen LogP contribution in [-0.4, -0.2) is 54.8 Å². The molecular formula is C28H26F3N3O3. The molecule has 192 valence electrons. The number of benzene rings is 3. The van der Waals surface area contributed by atoms with Gasteiger partial charge in [-0.15, -0.1) is 0 Å². The average Bonchev–Trinajstić information content (AvgIpc) is 3.23. The van der Waals surface area contributed by atoms with Crippen molar-refractivity contribution < 1.29 is 27.4 Å². The number of halogens is 3. The second-order valence-corrected chi connectivity index (χ2v) is 8.96. The summed E-state index contributed by atoms with van der Waals surface area (Å²) in [6.45, 7) is 2.29. The van der Waals surface area contributed by atoms with E-state index in [2.05, 4.69) is 4.90 Å². The summed E-state index contributed by atoms with van der Waals surface area (Å²) in [5.74, 6) is 1.86. The van der Waals surface area contributed by atoms with E-state index in [1.807, 2.05) is 41.3 Å². The predicted octanol–water partition coefficient (Wildman–Crippen LogP) is 5.68. The third-order valence-corrected chi connectivity index (χ3v) is 6.50. The van der Waals surface area contributed by atoms with Crippen LogP contribution in [0.25, 0.3) is 0 Å². The molecule has 0 radical (unpaired) electrons. The minimum Gasteiger partial charge on any atom is -0.497 e. The molecule has 3 aromatic rings. The number of amides is 1. The van der Waals surface area contributed by atoms with E-state index in [9.17, 15) is 18.0 Å². The highest BCUT2D eigenvalue weighted by Crippen LogP contribution is 2.41. The summed E-state index contributed by atoms with van der Waals surface area (Å²) in [5.41, 5.74) is 1.12. The van der Waals surface area contributed by atoms with E-state index in [0.29, 0.717) is 54.8 Å². The Kier molecular flexibility index (Phi) is 6.78. The summed E-state index contributed by atoms with van der Waals surface area (Å²) < 4.78 is 51.1. The lowest BCUT2D eigenvalue weighted by molar-refractivity contribution is -0.137. The first-order valence-electron chi connectivity index (χ1n) is 12.0. The van der Waals surface area contributed by atoms with Crippen LogP contribution in [0.4, 0.5) is 18.9 Å². The minimum absolute atomic E-state index is 0.0340. The van der Waals surface area contributed by atoms with Gasteiger partial charge in [-0.2, -0.15) is 13.2 Å². The largest absolute Gasteiger partial charge is 0.497 e. The standard InChI is InChI=1S/C28H26F3N3O3/c1-36-21-7-4-6-19(16-21)17-26(35)33-12-5-13-34(15-14-33)27-22-8-2-3-9-24(22)37-25-18-20(28(29,30)31)10-11-23(25)32-27/h2-4,6-11,16,18H,5,12-15,17H2,1H3. The van der Waals surface area contributed by atoms with E-state index in [-0.39, 0.29) is 18.1 Å². The third kappa shape index (κ3) is 5.40. The molecule has 6 nitrogen and oxygen atoms in total. The van der Waals surface area contributed by atoms with E-state index >= 15 is 0 Å². The van der Waals surface area contributed by atoms with Gasteiger partial charge in [-0.3, -0.25) is 4.79 Å². The molecule has 37 heavy (non-hydrogen) atoms. The molecule has 5 rings (SSSR count). The Hall–Kier alpha value is -4.01. The first-order chi connectivity index (χ1) is 17.8. The van der Waals surface area contributed by atoms with Gasteiger partial charge in [0.2, 0.25) is 5.91 Å². The van der Waals surface area contributed by atoms with E-state index < -0.39 is 11.7 Å². The minimum atomic E-state index is -4.48. The highest BCUT2D eigenvalue weighted by atomic mass is 19.4. The highest BCUT2D eigenvalue weighted by Gasteiger charge is 2.32. The molecule has 0 saturated carbocycles. The average molecular weight is 510 g/mol. The molecule has 1 saturated heterocycles. The fraction of sp³-hybridized carbons (Fsp3) is 0.286. The maximum absolute atomic E-state index is 13.3. The second kappa shape index (κ2) is 10.2. The van der Waals surface area contributed by atoms with Gasteiger partial charge in [-0.05, 0) is 54.4 Å². The van der Waals surface area contributed by atoms with Crippen LogP contribution in [0.5, 0.6) is 17.2 Å². The van der Waals surface area contributed by atoms with Gasteiger partial charge in [0.1, 0.15) is 23.0 Å². The van der Waals surface area contributed by atoms with Crippen molar-refractivity contribution in [3.05, 3.63) is 83.4 Å². The van der Waals surface area contributed by atoms with Crippen molar-refractivity contribution in [1.29, 1.82) is 0 Å². The number of ether oxygens (including phenoxy) is 2. The Morgan fingerprint density at radius 2 is 1.81 bits per heavy atom. The molecule has 2 aliphatic rings. The number of nitrogens with zero attached hydrogens (tertiary/aromatic N) is 3. The predicted molar refractivity (Wildman–Crippen MR) is 134 cm³/mol. The van der Waals surface area contributed by atoms with Gasteiger partial charge in [0.05, 0.1) is 24.7 Å². The monoisotopic (exact) mass is 509 g/mol. The molecule has 0 N–H and O–H groups in total. The third-order valence-electron chi connectivity index (χ3n) is 6.50. The summed E-state index contributed by atoms with van der Waals surface area (Å²) in [6, 6.07) is 18.0. The van der Waals surface area contributed by atoms with Crippen LogP contribution in [0, 0.1) is 0 Å². The van der Waals surface area contributed by atoms with Crippen molar-refractivity contribution in [2.75, 3.05) is 33.3 Å². The van der Waals surface area contributed by atoms with E-state index in [1.54, 1.807) is 19.2 Å². The van der Waals surface area contributed by atoms with Crippen molar-refractivity contribution in [1.82, 2.24) is 9.80 Å².